The molecule has 1 aromatic heterocycles. The monoisotopic (exact) mass is 429 g/mol. The lowest BCUT2D eigenvalue weighted by Crippen LogP contribution is -2.26. The first-order valence-corrected chi connectivity index (χ1v) is 8.85. The van der Waals surface area contributed by atoms with E-state index < -0.39 is 18.5 Å². The van der Waals surface area contributed by atoms with Gasteiger partial charge in [0, 0.05) is 16.9 Å². The van der Waals surface area contributed by atoms with Crippen LogP contribution < -0.4 is 10.9 Å². The van der Waals surface area contributed by atoms with Gasteiger partial charge in [-0.2, -0.15) is 5.10 Å². The van der Waals surface area contributed by atoms with Crippen LogP contribution in [-0.4, -0.2) is 28.3 Å². The van der Waals surface area contributed by atoms with E-state index in [4.69, 9.17) is 4.74 Å². The molecular weight excluding hydrogens is 414 g/mol. The molecule has 27 heavy (non-hydrogen) atoms. The molecule has 0 aliphatic carbocycles. The quantitative estimate of drug-likeness (QED) is 0.643. The number of anilines is 1. The molecule has 0 spiro atoms. The molecule has 0 unspecified atom stereocenters. The molecule has 0 saturated carbocycles. The largest absolute Gasteiger partial charge is 0.451 e. The van der Waals surface area contributed by atoms with Crippen molar-refractivity contribution in [1.82, 2.24) is 9.78 Å². The van der Waals surface area contributed by atoms with Gasteiger partial charge in [0.25, 0.3) is 11.5 Å². The van der Waals surface area contributed by atoms with Gasteiger partial charge in [-0.05, 0) is 46.6 Å². The molecule has 1 heterocycles. The summed E-state index contributed by atoms with van der Waals surface area (Å²) in [5.41, 5.74) is 1.28. The van der Waals surface area contributed by atoms with Gasteiger partial charge in [0.05, 0.1) is 11.1 Å². The number of esters is 1. The van der Waals surface area contributed by atoms with Crippen LogP contribution in [0.2, 0.25) is 0 Å². The van der Waals surface area contributed by atoms with Crippen LogP contribution in [0, 0.1) is 6.92 Å². The molecule has 3 rings (SSSR count). The minimum absolute atomic E-state index is 0.0167. The molecule has 0 fully saturated rings. The van der Waals surface area contributed by atoms with E-state index in [-0.39, 0.29) is 11.3 Å². The zero-order chi connectivity index (χ0) is 19.6. The summed E-state index contributed by atoms with van der Waals surface area (Å²) in [7, 11) is 1.45. The maximum absolute atomic E-state index is 12.4. The lowest BCUT2D eigenvalue weighted by molar-refractivity contribution is -0.119. The number of carbonyl (C=O) groups excluding carboxylic acids is 2. The lowest BCUT2D eigenvalue weighted by Gasteiger charge is -2.10. The standard InChI is InChI=1S/C19H16BrN3O4/c1-11-7-8-15(14(20)9-11)21-16(24)10-27-19(26)17-12-5-3-4-6-13(12)18(25)23(2)22-17/h3-9H,10H2,1-2H3,(H,21,24). The Morgan fingerprint density at radius 1 is 1.19 bits per heavy atom. The SMILES string of the molecule is Cc1ccc(NC(=O)COC(=O)c2nn(C)c(=O)c3ccccc23)c(Br)c1. The first-order chi connectivity index (χ1) is 12.9. The van der Waals surface area contributed by atoms with Crippen LogP contribution in [0.5, 0.6) is 0 Å². The van der Waals surface area contributed by atoms with Crippen molar-refractivity contribution in [3.8, 4) is 0 Å². The van der Waals surface area contributed by atoms with Gasteiger partial charge in [-0.3, -0.25) is 9.59 Å². The highest BCUT2D eigenvalue weighted by atomic mass is 79.9. The summed E-state index contributed by atoms with van der Waals surface area (Å²) in [4.78, 5) is 36.6. The predicted molar refractivity (Wildman–Crippen MR) is 105 cm³/mol. The molecule has 0 aliphatic rings. The fraction of sp³-hybridized carbons (Fsp3) is 0.158. The minimum Gasteiger partial charge on any atom is -0.451 e. The predicted octanol–water partition coefficient (Wildman–Crippen LogP) is 2.80. The van der Waals surface area contributed by atoms with Gasteiger partial charge in [-0.1, -0.05) is 24.3 Å². The second kappa shape index (κ2) is 7.71. The number of rotatable bonds is 4. The van der Waals surface area contributed by atoms with Gasteiger partial charge >= 0.3 is 5.97 Å². The molecule has 0 bridgehead atoms. The first kappa shape index (κ1) is 18.8. The Bertz CT molecular complexity index is 1110. The van der Waals surface area contributed by atoms with Crippen molar-refractivity contribution in [2.75, 3.05) is 11.9 Å². The summed E-state index contributed by atoms with van der Waals surface area (Å²) >= 11 is 3.37. The van der Waals surface area contributed by atoms with Crippen LogP contribution in [-0.2, 0) is 16.6 Å². The molecule has 1 amide bonds. The Morgan fingerprint density at radius 2 is 1.89 bits per heavy atom. The van der Waals surface area contributed by atoms with Crippen molar-refractivity contribution in [3.05, 3.63) is 68.5 Å². The van der Waals surface area contributed by atoms with Crippen molar-refractivity contribution in [3.63, 3.8) is 0 Å². The Labute approximate surface area is 163 Å². The second-order valence-corrected chi connectivity index (χ2v) is 6.78. The molecule has 1 N–H and O–H groups in total. The summed E-state index contributed by atoms with van der Waals surface area (Å²) < 4.78 is 6.89. The van der Waals surface area contributed by atoms with Crippen LogP contribution in [0.15, 0.2) is 51.7 Å². The summed E-state index contributed by atoms with van der Waals surface area (Å²) in [6.07, 6.45) is 0. The number of nitrogens with one attached hydrogen (secondary N) is 1. The van der Waals surface area contributed by atoms with Gasteiger partial charge in [-0.15, -0.1) is 0 Å². The van der Waals surface area contributed by atoms with E-state index >= 15 is 0 Å². The third-order valence-corrected chi connectivity index (χ3v) is 4.54. The Morgan fingerprint density at radius 3 is 2.59 bits per heavy atom. The number of aryl methyl sites for hydroxylation is 2. The zero-order valence-corrected chi connectivity index (χ0v) is 16.2. The Kier molecular flexibility index (Phi) is 5.36. The lowest BCUT2D eigenvalue weighted by atomic mass is 10.1. The molecule has 0 radical (unpaired) electrons. The van der Waals surface area contributed by atoms with E-state index in [1.165, 1.54) is 7.05 Å². The number of hydrogen-bond acceptors (Lipinski definition) is 5. The third kappa shape index (κ3) is 4.06. The van der Waals surface area contributed by atoms with E-state index in [1.54, 1.807) is 30.3 Å². The molecule has 7 nitrogen and oxygen atoms in total. The Hall–Kier alpha value is -3.00. The van der Waals surface area contributed by atoms with Crippen molar-refractivity contribution in [2.24, 2.45) is 7.05 Å². The number of ether oxygens (including phenoxy) is 1. The number of benzene rings is 2. The van der Waals surface area contributed by atoms with Gasteiger partial charge < -0.3 is 10.1 Å². The maximum atomic E-state index is 12.4. The Balaban J connectivity index is 1.75. The zero-order valence-electron chi connectivity index (χ0n) is 14.7. The molecule has 0 aliphatic heterocycles. The number of carbonyl (C=O) groups is 2. The van der Waals surface area contributed by atoms with Gasteiger partial charge in [0.1, 0.15) is 0 Å². The smallest absolute Gasteiger partial charge is 0.359 e. The summed E-state index contributed by atoms with van der Waals surface area (Å²) in [6.45, 7) is 1.46. The number of fused-ring (bicyclic) bond motifs is 1. The van der Waals surface area contributed by atoms with Crippen LogP contribution in [0.4, 0.5) is 5.69 Å². The summed E-state index contributed by atoms with van der Waals surface area (Å²) in [5, 5.41) is 7.38. The number of amides is 1. The summed E-state index contributed by atoms with van der Waals surface area (Å²) in [6, 6.07) is 12.1. The van der Waals surface area contributed by atoms with Crippen molar-refractivity contribution < 1.29 is 14.3 Å². The molecule has 0 saturated heterocycles. The van der Waals surface area contributed by atoms with E-state index in [2.05, 4.69) is 26.3 Å². The van der Waals surface area contributed by atoms with Gasteiger partial charge in [0.2, 0.25) is 0 Å². The molecular formula is C19H16BrN3O4. The van der Waals surface area contributed by atoms with Crippen molar-refractivity contribution in [2.45, 2.75) is 6.92 Å². The highest BCUT2D eigenvalue weighted by Crippen LogP contribution is 2.23. The van der Waals surface area contributed by atoms with Crippen LogP contribution >= 0.6 is 15.9 Å². The highest BCUT2D eigenvalue weighted by molar-refractivity contribution is 9.10. The third-order valence-electron chi connectivity index (χ3n) is 3.88. The molecule has 8 heteroatoms. The number of nitrogens with zero attached hydrogens (tertiary/aromatic N) is 2. The number of aromatic nitrogens is 2. The molecule has 3 aromatic rings. The molecule has 0 atom stereocenters. The van der Waals surface area contributed by atoms with Crippen LogP contribution in [0.25, 0.3) is 10.8 Å². The van der Waals surface area contributed by atoms with Crippen molar-refractivity contribution >= 4 is 44.3 Å². The van der Waals surface area contributed by atoms with E-state index in [0.29, 0.717) is 16.5 Å². The average molecular weight is 430 g/mol. The van der Waals surface area contributed by atoms with Crippen molar-refractivity contribution in [1.29, 1.82) is 0 Å². The molecule has 138 valence electrons. The number of hydrogen-bond donors (Lipinski definition) is 1. The van der Waals surface area contributed by atoms with Crippen LogP contribution in [0.3, 0.4) is 0 Å². The van der Waals surface area contributed by atoms with Gasteiger partial charge in [-0.25, -0.2) is 9.48 Å². The normalized spacial score (nSPS) is 10.6. The van der Waals surface area contributed by atoms with E-state index in [9.17, 15) is 14.4 Å². The molecule has 2 aromatic carbocycles. The minimum atomic E-state index is -0.778. The van der Waals surface area contributed by atoms with Gasteiger partial charge in [0.15, 0.2) is 12.3 Å². The second-order valence-electron chi connectivity index (χ2n) is 5.93. The van der Waals surface area contributed by atoms with E-state index in [1.807, 2.05) is 19.1 Å². The number of halogens is 1. The fourth-order valence-corrected chi connectivity index (χ4v) is 3.15. The van der Waals surface area contributed by atoms with Crippen LogP contribution in [0.1, 0.15) is 16.1 Å². The van der Waals surface area contributed by atoms with E-state index in [0.717, 1.165) is 14.7 Å². The maximum Gasteiger partial charge on any atom is 0.359 e. The fourth-order valence-electron chi connectivity index (χ4n) is 2.56. The topological polar surface area (TPSA) is 90.3 Å². The summed E-state index contributed by atoms with van der Waals surface area (Å²) in [5.74, 6) is -1.26. The highest BCUT2D eigenvalue weighted by Gasteiger charge is 2.18. The first-order valence-electron chi connectivity index (χ1n) is 8.06. The average Bonchev–Trinajstić information content (AvgIpc) is 2.65.